The summed E-state index contributed by atoms with van der Waals surface area (Å²) >= 11 is 0. The summed E-state index contributed by atoms with van der Waals surface area (Å²) in [4.78, 5) is 32.8. The van der Waals surface area contributed by atoms with Gasteiger partial charge in [-0.15, -0.1) is 0 Å². The Bertz CT molecular complexity index is 329. The van der Waals surface area contributed by atoms with Gasteiger partial charge in [-0.25, -0.2) is 0 Å². The Morgan fingerprint density at radius 3 is 1.53 bits per heavy atom. The molecule has 1 aliphatic rings. The molecule has 0 atom stereocenters. The average Bonchev–Trinajstić information content (AvgIpc) is 2.37. The molecule has 0 unspecified atom stereocenters. The number of rotatable bonds is 1. The van der Waals surface area contributed by atoms with Crippen LogP contribution in [0.3, 0.4) is 0 Å². The number of hydrogen-bond acceptors (Lipinski definition) is 3. The van der Waals surface area contributed by atoms with E-state index in [0.29, 0.717) is 11.1 Å². The van der Waals surface area contributed by atoms with Gasteiger partial charge in [-0.2, -0.15) is 0 Å². The van der Waals surface area contributed by atoms with E-state index in [1.165, 1.54) is 20.0 Å². The van der Waals surface area contributed by atoms with Crippen molar-refractivity contribution in [2.75, 3.05) is 7.05 Å². The Balaban J connectivity index is 0.000000336. The number of allylic oxidation sites excluding steroid dienone is 1. The molecular formula is C11H15NO3. The highest BCUT2D eigenvalue weighted by atomic mass is 16.2. The summed E-state index contributed by atoms with van der Waals surface area (Å²) < 4.78 is 0. The first-order chi connectivity index (χ1) is 6.82. The van der Waals surface area contributed by atoms with Gasteiger partial charge in [-0.05, 0) is 26.8 Å². The molecular weight excluding hydrogens is 194 g/mol. The molecule has 0 radical (unpaired) electrons. The maximum absolute atomic E-state index is 11.0. The van der Waals surface area contributed by atoms with E-state index in [2.05, 4.69) is 6.58 Å². The number of ketones is 1. The van der Waals surface area contributed by atoms with E-state index in [4.69, 9.17) is 0 Å². The van der Waals surface area contributed by atoms with Crippen LogP contribution in [0.1, 0.15) is 20.8 Å². The molecule has 0 aromatic heterocycles. The predicted octanol–water partition coefficient (Wildman–Crippen LogP) is 1.08. The largest absolute Gasteiger partial charge is 0.295 e. The molecule has 2 amide bonds. The van der Waals surface area contributed by atoms with Crippen LogP contribution in [0.2, 0.25) is 0 Å². The van der Waals surface area contributed by atoms with Gasteiger partial charge in [0.1, 0.15) is 0 Å². The molecule has 0 saturated heterocycles. The highest BCUT2D eigenvalue weighted by molar-refractivity contribution is 6.18. The van der Waals surface area contributed by atoms with Crippen LogP contribution in [0, 0.1) is 0 Å². The summed E-state index contributed by atoms with van der Waals surface area (Å²) in [5.41, 5.74) is 1.13. The van der Waals surface area contributed by atoms with Crippen molar-refractivity contribution in [3.8, 4) is 0 Å². The molecule has 1 rings (SSSR count). The third kappa shape index (κ3) is 3.16. The molecule has 0 fully saturated rings. The van der Waals surface area contributed by atoms with Gasteiger partial charge >= 0.3 is 0 Å². The van der Waals surface area contributed by atoms with Crippen LogP contribution >= 0.6 is 0 Å². The van der Waals surface area contributed by atoms with E-state index in [0.717, 1.165) is 4.90 Å². The Kier molecular flexibility index (Phi) is 4.64. The molecule has 4 heteroatoms. The van der Waals surface area contributed by atoms with Crippen LogP contribution < -0.4 is 0 Å². The molecule has 1 aliphatic heterocycles. The maximum atomic E-state index is 11.0. The highest BCUT2D eigenvalue weighted by Crippen LogP contribution is 2.16. The number of carbonyl (C=O) groups excluding carboxylic acids is 3. The van der Waals surface area contributed by atoms with Gasteiger partial charge in [0.05, 0.1) is 0 Å². The van der Waals surface area contributed by atoms with Crippen LogP contribution in [-0.2, 0) is 14.4 Å². The molecule has 1 heterocycles. The Labute approximate surface area is 89.3 Å². The maximum Gasteiger partial charge on any atom is 0.256 e. The third-order valence-electron chi connectivity index (χ3n) is 2.10. The molecule has 0 aliphatic carbocycles. The fourth-order valence-corrected chi connectivity index (χ4v) is 0.916. The van der Waals surface area contributed by atoms with E-state index < -0.39 is 0 Å². The summed E-state index contributed by atoms with van der Waals surface area (Å²) in [6.45, 7) is 8.01. The lowest BCUT2D eigenvalue weighted by atomic mass is 10.2. The molecule has 0 spiro atoms. The minimum atomic E-state index is -0.178. The van der Waals surface area contributed by atoms with Gasteiger partial charge in [-0.1, -0.05) is 6.58 Å². The SMILES string of the molecule is C=CC(C)=O.CC1=C(C)C(=O)N(C)C1=O. The molecule has 82 valence electrons. The van der Waals surface area contributed by atoms with Crippen molar-refractivity contribution < 1.29 is 14.4 Å². The van der Waals surface area contributed by atoms with Crippen molar-refractivity contribution in [2.24, 2.45) is 0 Å². The number of imide groups is 1. The van der Waals surface area contributed by atoms with Crippen LogP contribution in [0.4, 0.5) is 0 Å². The highest BCUT2D eigenvalue weighted by Gasteiger charge is 2.29. The van der Waals surface area contributed by atoms with Crippen LogP contribution in [0.5, 0.6) is 0 Å². The zero-order valence-electron chi connectivity index (χ0n) is 9.46. The van der Waals surface area contributed by atoms with Crippen molar-refractivity contribution in [1.82, 2.24) is 4.90 Å². The number of nitrogens with zero attached hydrogens (tertiary/aromatic N) is 1. The second kappa shape index (κ2) is 5.24. The molecule has 15 heavy (non-hydrogen) atoms. The molecule has 0 N–H and O–H groups in total. The summed E-state index contributed by atoms with van der Waals surface area (Å²) in [6.07, 6.45) is 1.28. The fourth-order valence-electron chi connectivity index (χ4n) is 0.916. The lowest BCUT2D eigenvalue weighted by Gasteiger charge is -2.04. The van der Waals surface area contributed by atoms with E-state index in [-0.39, 0.29) is 17.6 Å². The summed E-state index contributed by atoms with van der Waals surface area (Å²) in [7, 11) is 1.49. The zero-order valence-corrected chi connectivity index (χ0v) is 9.46. The second-order valence-electron chi connectivity index (χ2n) is 3.23. The molecule has 4 nitrogen and oxygen atoms in total. The number of hydrogen-bond donors (Lipinski definition) is 0. The standard InChI is InChI=1S/C7H9NO2.C4H6O/c1-4-5(2)7(10)8(3)6(4)9;1-3-4(2)5/h1-3H3;3H,1H2,2H3. The second-order valence-corrected chi connectivity index (χ2v) is 3.23. The Morgan fingerprint density at radius 2 is 1.47 bits per heavy atom. The van der Waals surface area contributed by atoms with Crippen molar-refractivity contribution in [2.45, 2.75) is 20.8 Å². The minimum Gasteiger partial charge on any atom is -0.295 e. The normalized spacial score (nSPS) is 15.1. The van der Waals surface area contributed by atoms with Gasteiger partial charge < -0.3 is 0 Å². The molecule has 0 aromatic rings. The lowest BCUT2D eigenvalue weighted by molar-refractivity contribution is -0.135. The van der Waals surface area contributed by atoms with Crippen molar-refractivity contribution in [1.29, 1.82) is 0 Å². The third-order valence-corrected chi connectivity index (χ3v) is 2.10. The minimum absolute atomic E-state index is 0.0185. The van der Waals surface area contributed by atoms with E-state index in [9.17, 15) is 14.4 Å². The molecule has 0 saturated carbocycles. The topological polar surface area (TPSA) is 54.5 Å². The van der Waals surface area contributed by atoms with E-state index in [1.807, 2.05) is 0 Å². The fraction of sp³-hybridized carbons (Fsp3) is 0.364. The van der Waals surface area contributed by atoms with Crippen LogP contribution in [-0.4, -0.2) is 29.5 Å². The molecule has 0 aromatic carbocycles. The first-order valence-corrected chi connectivity index (χ1v) is 4.45. The Morgan fingerprint density at radius 1 is 1.20 bits per heavy atom. The first kappa shape index (κ1) is 13.3. The monoisotopic (exact) mass is 209 g/mol. The summed E-state index contributed by atoms with van der Waals surface area (Å²) in [5, 5.41) is 0. The lowest BCUT2D eigenvalue weighted by Crippen LogP contribution is -2.26. The van der Waals surface area contributed by atoms with Crippen molar-refractivity contribution >= 4 is 17.6 Å². The number of amides is 2. The van der Waals surface area contributed by atoms with Crippen LogP contribution in [0.15, 0.2) is 23.8 Å². The van der Waals surface area contributed by atoms with Gasteiger partial charge in [0, 0.05) is 18.2 Å². The van der Waals surface area contributed by atoms with E-state index in [1.54, 1.807) is 13.8 Å². The van der Waals surface area contributed by atoms with Crippen LogP contribution in [0.25, 0.3) is 0 Å². The summed E-state index contributed by atoms with van der Waals surface area (Å²) in [5.74, 6) is -0.338. The van der Waals surface area contributed by atoms with Gasteiger partial charge in [0.2, 0.25) is 0 Å². The molecule has 0 bridgehead atoms. The zero-order chi connectivity index (χ0) is 12.2. The quantitative estimate of drug-likeness (QED) is 0.479. The van der Waals surface area contributed by atoms with Crippen molar-refractivity contribution in [3.05, 3.63) is 23.8 Å². The van der Waals surface area contributed by atoms with Crippen molar-refractivity contribution in [3.63, 3.8) is 0 Å². The first-order valence-electron chi connectivity index (χ1n) is 4.45. The van der Waals surface area contributed by atoms with E-state index >= 15 is 0 Å². The Hall–Kier alpha value is -1.71. The number of carbonyl (C=O) groups is 3. The smallest absolute Gasteiger partial charge is 0.256 e. The van der Waals surface area contributed by atoms with Gasteiger partial charge in [-0.3, -0.25) is 19.3 Å². The average molecular weight is 209 g/mol. The predicted molar refractivity (Wildman–Crippen MR) is 57.0 cm³/mol. The van der Waals surface area contributed by atoms with Gasteiger partial charge in [0.25, 0.3) is 11.8 Å². The number of likely N-dealkylation sites (N-methyl/N-ethyl adjacent to an activating group) is 1. The summed E-state index contributed by atoms with van der Waals surface area (Å²) in [6, 6.07) is 0. The van der Waals surface area contributed by atoms with Gasteiger partial charge in [0.15, 0.2) is 5.78 Å².